The fourth-order valence-electron chi connectivity index (χ4n) is 3.01. The second kappa shape index (κ2) is 7.83. The molecular weight excluding hydrogens is 318 g/mol. The lowest BCUT2D eigenvalue weighted by Crippen LogP contribution is -2.28. The van der Waals surface area contributed by atoms with E-state index >= 15 is 0 Å². The summed E-state index contributed by atoms with van der Waals surface area (Å²) >= 11 is 0. The summed E-state index contributed by atoms with van der Waals surface area (Å²) < 4.78 is 5.72. The Hall–Kier alpha value is -2.82. The van der Waals surface area contributed by atoms with Gasteiger partial charge in [-0.2, -0.15) is 0 Å². The Kier molecular flexibility index (Phi) is 5.33. The summed E-state index contributed by atoms with van der Waals surface area (Å²) in [5, 5.41) is 12.0. The molecule has 1 amide bonds. The number of benzene rings is 2. The Morgan fingerprint density at radius 1 is 1.12 bits per heavy atom. The maximum Gasteiger partial charge on any atom is 0.335 e. The van der Waals surface area contributed by atoms with Crippen LogP contribution in [-0.4, -0.2) is 23.6 Å². The van der Waals surface area contributed by atoms with Gasteiger partial charge in [0.15, 0.2) is 0 Å². The van der Waals surface area contributed by atoms with Gasteiger partial charge in [-0.25, -0.2) is 4.79 Å². The summed E-state index contributed by atoms with van der Waals surface area (Å²) in [6.45, 7) is 0.666. The number of carboxylic acid groups (broad SMARTS) is 1. The van der Waals surface area contributed by atoms with Gasteiger partial charge in [-0.1, -0.05) is 30.3 Å². The monoisotopic (exact) mass is 339 g/mol. The van der Waals surface area contributed by atoms with Crippen LogP contribution in [-0.2, 0) is 11.2 Å². The van der Waals surface area contributed by atoms with Crippen LogP contribution in [0.5, 0.6) is 5.75 Å². The van der Waals surface area contributed by atoms with Crippen molar-refractivity contribution in [2.24, 2.45) is 0 Å². The van der Waals surface area contributed by atoms with E-state index in [0.29, 0.717) is 19.4 Å². The average molecular weight is 339 g/mol. The molecule has 5 nitrogen and oxygen atoms in total. The normalized spacial score (nSPS) is 16.2. The number of carboxylic acids is 1. The molecule has 1 aliphatic rings. The molecule has 2 N–H and O–H groups in total. The second-order valence-electron chi connectivity index (χ2n) is 6.15. The van der Waals surface area contributed by atoms with Crippen molar-refractivity contribution in [3.63, 3.8) is 0 Å². The van der Waals surface area contributed by atoms with Crippen LogP contribution in [0.2, 0.25) is 0 Å². The SMILES string of the molecule is O=C(CCc1ccc(C(=O)O)cc1)NC1CCCOc2ccccc21. The van der Waals surface area contributed by atoms with E-state index in [1.165, 1.54) is 0 Å². The molecule has 0 fully saturated rings. The molecule has 0 saturated heterocycles. The molecule has 1 aliphatic heterocycles. The van der Waals surface area contributed by atoms with Crippen LogP contribution in [0.1, 0.15) is 46.8 Å². The van der Waals surface area contributed by atoms with Gasteiger partial charge in [-0.05, 0) is 43.0 Å². The van der Waals surface area contributed by atoms with E-state index in [1.54, 1.807) is 24.3 Å². The molecular formula is C20H21NO4. The molecule has 0 spiro atoms. The van der Waals surface area contributed by atoms with E-state index < -0.39 is 5.97 Å². The Morgan fingerprint density at radius 3 is 2.64 bits per heavy atom. The number of nitrogens with one attached hydrogen (secondary N) is 1. The van der Waals surface area contributed by atoms with Gasteiger partial charge in [0.05, 0.1) is 18.2 Å². The van der Waals surface area contributed by atoms with Crippen LogP contribution in [0.15, 0.2) is 48.5 Å². The minimum atomic E-state index is -0.946. The van der Waals surface area contributed by atoms with Crippen molar-refractivity contribution >= 4 is 11.9 Å². The van der Waals surface area contributed by atoms with Gasteiger partial charge < -0.3 is 15.2 Å². The molecule has 1 unspecified atom stereocenters. The molecule has 0 saturated carbocycles. The van der Waals surface area contributed by atoms with E-state index in [0.717, 1.165) is 29.7 Å². The fraction of sp³-hybridized carbons (Fsp3) is 0.300. The number of carbonyl (C=O) groups excluding carboxylic acids is 1. The molecule has 130 valence electrons. The standard InChI is InChI=1S/C20H21NO4/c22-19(12-9-14-7-10-15(11-8-14)20(23)24)21-17-5-3-13-25-18-6-2-1-4-16(17)18/h1-2,4,6-8,10-11,17H,3,5,9,12-13H2,(H,21,22)(H,23,24). The number of hydrogen-bond acceptors (Lipinski definition) is 3. The van der Waals surface area contributed by atoms with Crippen LogP contribution in [0.4, 0.5) is 0 Å². The highest BCUT2D eigenvalue weighted by Gasteiger charge is 2.20. The Morgan fingerprint density at radius 2 is 1.88 bits per heavy atom. The Balaban J connectivity index is 1.58. The van der Waals surface area contributed by atoms with Crippen molar-refractivity contribution in [1.82, 2.24) is 5.32 Å². The number of carbonyl (C=O) groups is 2. The molecule has 3 rings (SSSR count). The average Bonchev–Trinajstić information content (AvgIpc) is 2.83. The molecule has 0 aromatic heterocycles. The third-order valence-electron chi connectivity index (χ3n) is 4.37. The van der Waals surface area contributed by atoms with Crippen molar-refractivity contribution in [3.8, 4) is 5.75 Å². The van der Waals surface area contributed by atoms with Crippen LogP contribution < -0.4 is 10.1 Å². The molecule has 2 aromatic rings. The van der Waals surface area contributed by atoms with Crippen LogP contribution in [0, 0.1) is 0 Å². The highest BCUT2D eigenvalue weighted by atomic mass is 16.5. The first-order chi connectivity index (χ1) is 12.1. The third kappa shape index (κ3) is 4.38. The highest BCUT2D eigenvalue weighted by Crippen LogP contribution is 2.31. The summed E-state index contributed by atoms with van der Waals surface area (Å²) in [6.07, 6.45) is 2.70. The van der Waals surface area contributed by atoms with Gasteiger partial charge in [0.2, 0.25) is 5.91 Å². The third-order valence-corrected chi connectivity index (χ3v) is 4.37. The van der Waals surface area contributed by atoms with Gasteiger partial charge in [-0.15, -0.1) is 0 Å². The van der Waals surface area contributed by atoms with Gasteiger partial charge in [0.1, 0.15) is 5.75 Å². The van der Waals surface area contributed by atoms with E-state index in [1.807, 2.05) is 24.3 Å². The van der Waals surface area contributed by atoms with Gasteiger partial charge >= 0.3 is 5.97 Å². The van der Waals surface area contributed by atoms with E-state index in [-0.39, 0.29) is 17.5 Å². The summed E-state index contributed by atoms with van der Waals surface area (Å²) in [5.41, 5.74) is 2.23. The minimum absolute atomic E-state index is 0.0102. The largest absolute Gasteiger partial charge is 0.493 e. The lowest BCUT2D eigenvalue weighted by molar-refractivity contribution is -0.121. The molecule has 1 atom stereocenters. The van der Waals surface area contributed by atoms with Crippen molar-refractivity contribution in [2.45, 2.75) is 31.7 Å². The lowest BCUT2D eigenvalue weighted by atomic mass is 10.0. The number of rotatable bonds is 5. The second-order valence-corrected chi connectivity index (χ2v) is 6.15. The Labute approximate surface area is 146 Å². The minimum Gasteiger partial charge on any atom is -0.493 e. The fourth-order valence-corrected chi connectivity index (χ4v) is 3.01. The summed E-state index contributed by atoms with van der Waals surface area (Å²) in [5.74, 6) is -0.114. The molecule has 0 radical (unpaired) electrons. The summed E-state index contributed by atoms with van der Waals surface area (Å²) in [7, 11) is 0. The van der Waals surface area contributed by atoms with E-state index in [9.17, 15) is 9.59 Å². The molecule has 25 heavy (non-hydrogen) atoms. The van der Waals surface area contributed by atoms with Gasteiger partial charge in [-0.3, -0.25) is 4.79 Å². The number of hydrogen-bond donors (Lipinski definition) is 2. The molecule has 2 aromatic carbocycles. The number of aromatic carboxylic acids is 1. The predicted octanol–water partition coefficient (Wildman–Crippen LogP) is 3.35. The highest BCUT2D eigenvalue weighted by molar-refractivity contribution is 5.87. The number of ether oxygens (including phenoxy) is 1. The number of fused-ring (bicyclic) bond motifs is 1. The van der Waals surface area contributed by atoms with Crippen LogP contribution in [0.3, 0.4) is 0 Å². The topological polar surface area (TPSA) is 75.6 Å². The van der Waals surface area contributed by atoms with Crippen molar-refractivity contribution in [3.05, 3.63) is 65.2 Å². The first-order valence-electron chi connectivity index (χ1n) is 8.47. The predicted molar refractivity (Wildman–Crippen MR) is 93.8 cm³/mol. The molecule has 1 heterocycles. The molecule has 0 bridgehead atoms. The number of para-hydroxylation sites is 1. The maximum absolute atomic E-state index is 12.3. The van der Waals surface area contributed by atoms with Crippen LogP contribution >= 0.6 is 0 Å². The summed E-state index contributed by atoms with van der Waals surface area (Å²) in [4.78, 5) is 23.2. The molecule has 5 heteroatoms. The Bertz CT molecular complexity index is 755. The smallest absolute Gasteiger partial charge is 0.335 e. The quantitative estimate of drug-likeness (QED) is 0.876. The van der Waals surface area contributed by atoms with Crippen molar-refractivity contribution < 1.29 is 19.4 Å². The van der Waals surface area contributed by atoms with Crippen LogP contribution in [0.25, 0.3) is 0 Å². The zero-order chi connectivity index (χ0) is 17.6. The zero-order valence-corrected chi connectivity index (χ0v) is 13.9. The van der Waals surface area contributed by atoms with E-state index in [4.69, 9.17) is 9.84 Å². The zero-order valence-electron chi connectivity index (χ0n) is 13.9. The lowest BCUT2D eigenvalue weighted by Gasteiger charge is -2.18. The number of amides is 1. The van der Waals surface area contributed by atoms with Crippen molar-refractivity contribution in [1.29, 1.82) is 0 Å². The van der Waals surface area contributed by atoms with Crippen molar-refractivity contribution in [2.75, 3.05) is 6.61 Å². The van der Waals surface area contributed by atoms with E-state index in [2.05, 4.69) is 5.32 Å². The molecule has 0 aliphatic carbocycles. The summed E-state index contributed by atoms with van der Waals surface area (Å²) in [6, 6.07) is 14.4. The first-order valence-corrected chi connectivity index (χ1v) is 8.47. The van der Waals surface area contributed by atoms with Gasteiger partial charge in [0.25, 0.3) is 0 Å². The number of aryl methyl sites for hydroxylation is 1. The maximum atomic E-state index is 12.3. The van der Waals surface area contributed by atoms with Gasteiger partial charge in [0, 0.05) is 12.0 Å². The first kappa shape index (κ1) is 17.0.